The largest absolute Gasteiger partial charge is 0.489 e. The number of carbonyl (C=O) groups is 1. The quantitative estimate of drug-likeness (QED) is 0.777. The lowest BCUT2D eigenvalue weighted by molar-refractivity contribution is 0.102. The highest BCUT2D eigenvalue weighted by molar-refractivity contribution is 6.04. The van der Waals surface area contributed by atoms with E-state index in [0.717, 1.165) is 5.56 Å². The van der Waals surface area contributed by atoms with E-state index in [0.29, 0.717) is 23.6 Å². The van der Waals surface area contributed by atoms with E-state index in [4.69, 9.17) is 4.74 Å². The van der Waals surface area contributed by atoms with E-state index in [1.807, 2.05) is 48.5 Å². The first-order valence-corrected chi connectivity index (χ1v) is 7.29. The number of aromatic nitrogens is 1. The number of hydrogen-bond donors (Lipinski definition) is 1. The Balaban J connectivity index is 1.64. The molecule has 3 aromatic rings. The summed E-state index contributed by atoms with van der Waals surface area (Å²) in [6.07, 6.45) is 3.17. The molecule has 0 saturated heterocycles. The van der Waals surface area contributed by atoms with Gasteiger partial charge in [-0.3, -0.25) is 9.78 Å². The minimum Gasteiger partial charge on any atom is -0.489 e. The lowest BCUT2D eigenvalue weighted by Gasteiger charge is -2.09. The standard InChI is InChI=1S/C19H16N2O2/c22-19(16-8-5-11-20-13-16)21-17-9-4-10-18(12-17)23-14-15-6-2-1-3-7-15/h1-13H,14H2,(H,21,22). The van der Waals surface area contributed by atoms with Crippen molar-refractivity contribution < 1.29 is 9.53 Å². The van der Waals surface area contributed by atoms with Crippen molar-refractivity contribution in [3.8, 4) is 5.75 Å². The molecule has 1 N–H and O–H groups in total. The van der Waals surface area contributed by atoms with Gasteiger partial charge in [0.25, 0.3) is 5.91 Å². The van der Waals surface area contributed by atoms with Gasteiger partial charge in [-0.05, 0) is 29.8 Å². The number of ether oxygens (including phenoxy) is 1. The van der Waals surface area contributed by atoms with E-state index in [-0.39, 0.29) is 5.91 Å². The fourth-order valence-corrected chi connectivity index (χ4v) is 2.10. The Hall–Kier alpha value is -3.14. The Bertz CT molecular complexity index is 774. The summed E-state index contributed by atoms with van der Waals surface area (Å²) in [7, 11) is 0. The summed E-state index contributed by atoms with van der Waals surface area (Å²) >= 11 is 0. The van der Waals surface area contributed by atoms with Crippen LogP contribution in [0, 0.1) is 0 Å². The van der Waals surface area contributed by atoms with Crippen molar-refractivity contribution in [2.75, 3.05) is 5.32 Å². The number of benzene rings is 2. The fourth-order valence-electron chi connectivity index (χ4n) is 2.10. The van der Waals surface area contributed by atoms with Gasteiger partial charge in [-0.2, -0.15) is 0 Å². The molecule has 4 nitrogen and oxygen atoms in total. The maximum absolute atomic E-state index is 12.1. The van der Waals surface area contributed by atoms with E-state index in [1.165, 1.54) is 6.20 Å². The van der Waals surface area contributed by atoms with Crippen molar-refractivity contribution in [3.63, 3.8) is 0 Å². The van der Waals surface area contributed by atoms with Crippen molar-refractivity contribution in [1.29, 1.82) is 0 Å². The molecule has 2 aromatic carbocycles. The Labute approximate surface area is 134 Å². The number of nitrogens with zero attached hydrogens (tertiary/aromatic N) is 1. The van der Waals surface area contributed by atoms with Crippen LogP contribution in [0.2, 0.25) is 0 Å². The van der Waals surface area contributed by atoms with Crippen LogP contribution < -0.4 is 10.1 Å². The van der Waals surface area contributed by atoms with Crippen molar-refractivity contribution in [3.05, 3.63) is 90.3 Å². The molecular weight excluding hydrogens is 288 g/mol. The number of pyridine rings is 1. The summed E-state index contributed by atoms with van der Waals surface area (Å²) in [5.74, 6) is 0.510. The van der Waals surface area contributed by atoms with Gasteiger partial charge in [0.2, 0.25) is 0 Å². The van der Waals surface area contributed by atoms with Gasteiger partial charge in [-0.1, -0.05) is 36.4 Å². The number of amides is 1. The first-order chi connectivity index (χ1) is 11.3. The molecule has 0 unspecified atom stereocenters. The number of hydrogen-bond acceptors (Lipinski definition) is 3. The maximum atomic E-state index is 12.1. The molecule has 0 radical (unpaired) electrons. The Kier molecular flexibility index (Phi) is 4.64. The average molecular weight is 304 g/mol. The van der Waals surface area contributed by atoms with Gasteiger partial charge in [0.1, 0.15) is 12.4 Å². The van der Waals surface area contributed by atoms with Crippen molar-refractivity contribution in [1.82, 2.24) is 4.98 Å². The van der Waals surface area contributed by atoms with Crippen molar-refractivity contribution in [2.45, 2.75) is 6.61 Å². The minimum absolute atomic E-state index is 0.196. The monoisotopic (exact) mass is 304 g/mol. The molecule has 3 rings (SSSR count). The highest BCUT2D eigenvalue weighted by Crippen LogP contribution is 2.19. The third-order valence-electron chi connectivity index (χ3n) is 3.26. The van der Waals surface area contributed by atoms with Gasteiger partial charge in [0, 0.05) is 24.1 Å². The zero-order valence-corrected chi connectivity index (χ0v) is 12.5. The number of carbonyl (C=O) groups excluding carboxylic acids is 1. The van der Waals surface area contributed by atoms with Crippen molar-refractivity contribution in [2.24, 2.45) is 0 Å². The van der Waals surface area contributed by atoms with E-state index < -0.39 is 0 Å². The second-order valence-electron chi connectivity index (χ2n) is 5.00. The van der Waals surface area contributed by atoms with Gasteiger partial charge in [0.15, 0.2) is 0 Å². The van der Waals surface area contributed by atoms with Gasteiger partial charge >= 0.3 is 0 Å². The van der Waals surface area contributed by atoms with Crippen LogP contribution in [0.25, 0.3) is 0 Å². The average Bonchev–Trinajstić information content (AvgIpc) is 2.62. The van der Waals surface area contributed by atoms with Crippen LogP contribution in [-0.2, 0) is 6.61 Å². The molecule has 0 bridgehead atoms. The van der Waals surface area contributed by atoms with Crippen LogP contribution >= 0.6 is 0 Å². The molecule has 4 heteroatoms. The number of anilines is 1. The third-order valence-corrected chi connectivity index (χ3v) is 3.26. The van der Waals surface area contributed by atoms with Crippen LogP contribution in [0.1, 0.15) is 15.9 Å². The first-order valence-electron chi connectivity index (χ1n) is 7.29. The Morgan fingerprint density at radius 2 is 1.87 bits per heavy atom. The summed E-state index contributed by atoms with van der Waals surface area (Å²) in [4.78, 5) is 16.1. The van der Waals surface area contributed by atoms with Crippen molar-refractivity contribution >= 4 is 11.6 Å². The highest BCUT2D eigenvalue weighted by Gasteiger charge is 2.06. The summed E-state index contributed by atoms with van der Waals surface area (Å²) in [5.41, 5.74) is 2.30. The summed E-state index contributed by atoms with van der Waals surface area (Å²) in [5, 5.41) is 2.84. The molecule has 0 aliphatic rings. The molecule has 114 valence electrons. The first kappa shape index (κ1) is 14.8. The van der Waals surface area contributed by atoms with E-state index in [9.17, 15) is 4.79 Å². The zero-order chi connectivity index (χ0) is 15.9. The van der Waals surface area contributed by atoms with Crippen LogP contribution in [0.5, 0.6) is 5.75 Å². The second kappa shape index (κ2) is 7.22. The number of rotatable bonds is 5. The smallest absolute Gasteiger partial charge is 0.257 e. The molecule has 0 fully saturated rings. The summed E-state index contributed by atoms with van der Waals surface area (Å²) in [6, 6.07) is 20.7. The Morgan fingerprint density at radius 1 is 1.00 bits per heavy atom. The molecule has 0 atom stereocenters. The molecular formula is C19H16N2O2. The lowest BCUT2D eigenvalue weighted by atomic mass is 10.2. The maximum Gasteiger partial charge on any atom is 0.257 e. The molecule has 1 amide bonds. The van der Waals surface area contributed by atoms with Gasteiger partial charge < -0.3 is 10.1 Å². The van der Waals surface area contributed by atoms with Crippen LogP contribution in [0.3, 0.4) is 0 Å². The molecule has 0 aliphatic heterocycles. The minimum atomic E-state index is -0.196. The summed E-state index contributed by atoms with van der Waals surface area (Å²) in [6.45, 7) is 0.487. The van der Waals surface area contributed by atoms with Crippen LogP contribution in [-0.4, -0.2) is 10.9 Å². The van der Waals surface area contributed by atoms with Gasteiger partial charge in [-0.25, -0.2) is 0 Å². The van der Waals surface area contributed by atoms with Gasteiger partial charge in [0.05, 0.1) is 5.56 Å². The van der Waals surface area contributed by atoms with E-state index in [1.54, 1.807) is 24.4 Å². The Morgan fingerprint density at radius 3 is 2.65 bits per heavy atom. The fraction of sp³-hybridized carbons (Fsp3) is 0.0526. The second-order valence-corrected chi connectivity index (χ2v) is 5.00. The van der Waals surface area contributed by atoms with Crippen LogP contribution in [0.15, 0.2) is 79.1 Å². The molecule has 23 heavy (non-hydrogen) atoms. The van der Waals surface area contributed by atoms with E-state index in [2.05, 4.69) is 10.3 Å². The number of nitrogens with one attached hydrogen (secondary N) is 1. The lowest BCUT2D eigenvalue weighted by Crippen LogP contribution is -2.12. The molecule has 0 aliphatic carbocycles. The predicted molar refractivity (Wildman–Crippen MR) is 89.4 cm³/mol. The molecule has 0 saturated carbocycles. The zero-order valence-electron chi connectivity index (χ0n) is 12.5. The highest BCUT2D eigenvalue weighted by atomic mass is 16.5. The molecule has 0 spiro atoms. The summed E-state index contributed by atoms with van der Waals surface area (Å²) < 4.78 is 5.76. The molecule has 1 heterocycles. The van der Waals surface area contributed by atoms with Gasteiger partial charge in [-0.15, -0.1) is 0 Å². The van der Waals surface area contributed by atoms with E-state index >= 15 is 0 Å². The van der Waals surface area contributed by atoms with Crippen LogP contribution in [0.4, 0.5) is 5.69 Å². The predicted octanol–water partition coefficient (Wildman–Crippen LogP) is 3.91. The topological polar surface area (TPSA) is 51.2 Å². The SMILES string of the molecule is O=C(Nc1cccc(OCc2ccccc2)c1)c1cccnc1. The normalized spacial score (nSPS) is 10.1. The third kappa shape index (κ3) is 4.17. The molecule has 1 aromatic heterocycles.